The molecule has 0 aliphatic heterocycles. The van der Waals surface area contributed by atoms with E-state index in [1.807, 2.05) is 24.3 Å². The van der Waals surface area contributed by atoms with Gasteiger partial charge in [-0.15, -0.1) is 0 Å². The standard InChI is InChI=1S/C22H31ClN4O3/c1-6-21(29)26(12-9-13-30-5)15-20(28)24-19-14-18(22(2,3)4)25-27(19)17-11-8-7-10-16(17)23/h7-8,10-11,14H,6,9,12-13,15H2,1-5H3,(H,24,28). The summed E-state index contributed by atoms with van der Waals surface area (Å²) in [6.45, 7) is 8.90. The first-order chi connectivity index (χ1) is 14.2. The van der Waals surface area contributed by atoms with Gasteiger partial charge in [-0.2, -0.15) is 5.10 Å². The molecule has 0 spiro atoms. The van der Waals surface area contributed by atoms with Crippen molar-refractivity contribution in [3.8, 4) is 5.69 Å². The lowest BCUT2D eigenvalue weighted by Crippen LogP contribution is -2.38. The Labute approximate surface area is 183 Å². The second-order valence-corrected chi connectivity index (χ2v) is 8.50. The predicted molar refractivity (Wildman–Crippen MR) is 119 cm³/mol. The van der Waals surface area contributed by atoms with E-state index < -0.39 is 0 Å². The zero-order valence-corrected chi connectivity index (χ0v) is 19.1. The number of ether oxygens (including phenoxy) is 1. The van der Waals surface area contributed by atoms with Crippen LogP contribution in [0.3, 0.4) is 0 Å². The van der Waals surface area contributed by atoms with Crippen LogP contribution in [0.5, 0.6) is 0 Å². The number of amides is 2. The highest BCUT2D eigenvalue weighted by atomic mass is 35.5. The molecule has 0 radical (unpaired) electrons. The Kier molecular flexibility index (Phi) is 8.43. The van der Waals surface area contributed by atoms with Gasteiger partial charge in [-0.1, -0.05) is 51.4 Å². The molecule has 0 fully saturated rings. The molecule has 2 amide bonds. The highest BCUT2D eigenvalue weighted by Crippen LogP contribution is 2.29. The molecule has 0 bridgehead atoms. The first-order valence-corrected chi connectivity index (χ1v) is 10.5. The molecular formula is C22H31ClN4O3. The van der Waals surface area contributed by atoms with E-state index in [1.54, 1.807) is 29.7 Å². The summed E-state index contributed by atoms with van der Waals surface area (Å²) in [6.07, 6.45) is 1.01. The van der Waals surface area contributed by atoms with Crippen molar-refractivity contribution < 1.29 is 14.3 Å². The van der Waals surface area contributed by atoms with Crippen molar-refractivity contribution in [1.82, 2.24) is 14.7 Å². The van der Waals surface area contributed by atoms with Crippen LogP contribution >= 0.6 is 11.6 Å². The van der Waals surface area contributed by atoms with E-state index in [0.29, 0.717) is 42.5 Å². The molecule has 7 nitrogen and oxygen atoms in total. The topological polar surface area (TPSA) is 76.5 Å². The highest BCUT2D eigenvalue weighted by Gasteiger charge is 2.23. The summed E-state index contributed by atoms with van der Waals surface area (Å²) in [5, 5.41) is 8.11. The molecule has 0 aliphatic rings. The highest BCUT2D eigenvalue weighted by molar-refractivity contribution is 6.32. The van der Waals surface area contributed by atoms with E-state index in [1.165, 1.54) is 0 Å². The molecule has 164 valence electrons. The maximum absolute atomic E-state index is 12.8. The molecular weight excluding hydrogens is 404 g/mol. The molecule has 2 rings (SSSR count). The van der Waals surface area contributed by atoms with E-state index in [2.05, 4.69) is 31.2 Å². The predicted octanol–water partition coefficient (Wildman–Crippen LogP) is 4.04. The summed E-state index contributed by atoms with van der Waals surface area (Å²) in [4.78, 5) is 26.6. The number of halogens is 1. The number of carbonyl (C=O) groups is 2. The van der Waals surface area contributed by atoms with E-state index >= 15 is 0 Å². The van der Waals surface area contributed by atoms with Crippen LogP contribution in [0.1, 0.15) is 46.2 Å². The fourth-order valence-corrected chi connectivity index (χ4v) is 3.13. The fourth-order valence-electron chi connectivity index (χ4n) is 2.91. The molecule has 0 atom stereocenters. The first-order valence-electron chi connectivity index (χ1n) is 10.1. The average Bonchev–Trinajstić information content (AvgIpc) is 3.11. The van der Waals surface area contributed by atoms with Crippen molar-refractivity contribution in [2.24, 2.45) is 0 Å². The summed E-state index contributed by atoms with van der Waals surface area (Å²) in [7, 11) is 1.61. The van der Waals surface area contributed by atoms with Crippen LogP contribution in [0, 0.1) is 0 Å². The number of benzene rings is 1. The van der Waals surface area contributed by atoms with E-state index in [-0.39, 0.29) is 23.8 Å². The Balaban J connectivity index is 2.27. The largest absolute Gasteiger partial charge is 0.385 e. The SMILES string of the molecule is CCC(=O)N(CCCOC)CC(=O)Nc1cc(C(C)(C)C)nn1-c1ccccc1Cl. The molecule has 0 unspecified atom stereocenters. The van der Waals surface area contributed by atoms with Gasteiger partial charge in [0.2, 0.25) is 11.8 Å². The number of para-hydroxylation sites is 1. The normalized spacial score (nSPS) is 11.4. The van der Waals surface area contributed by atoms with Crippen LogP contribution in [0.4, 0.5) is 5.82 Å². The molecule has 30 heavy (non-hydrogen) atoms. The van der Waals surface area contributed by atoms with Crippen molar-refractivity contribution in [2.45, 2.75) is 46.0 Å². The quantitative estimate of drug-likeness (QED) is 0.604. The lowest BCUT2D eigenvalue weighted by atomic mass is 9.92. The minimum atomic E-state index is -0.289. The molecule has 1 aromatic carbocycles. The molecule has 1 heterocycles. The molecule has 1 N–H and O–H groups in total. The number of aromatic nitrogens is 2. The van der Waals surface area contributed by atoms with Gasteiger partial charge in [0.05, 0.1) is 22.9 Å². The van der Waals surface area contributed by atoms with E-state index in [4.69, 9.17) is 16.3 Å². The van der Waals surface area contributed by atoms with Crippen LogP contribution in [0.25, 0.3) is 5.69 Å². The maximum atomic E-state index is 12.8. The van der Waals surface area contributed by atoms with Gasteiger partial charge in [-0.25, -0.2) is 4.68 Å². The molecule has 2 aromatic rings. The lowest BCUT2D eigenvalue weighted by Gasteiger charge is -2.21. The number of hydrogen-bond donors (Lipinski definition) is 1. The summed E-state index contributed by atoms with van der Waals surface area (Å²) in [6, 6.07) is 9.17. The van der Waals surface area contributed by atoms with E-state index in [9.17, 15) is 9.59 Å². The Bertz CT molecular complexity index is 874. The number of nitrogens with one attached hydrogen (secondary N) is 1. The van der Waals surface area contributed by atoms with Gasteiger partial charge in [0.25, 0.3) is 0 Å². The third kappa shape index (κ3) is 6.31. The summed E-state index contributed by atoms with van der Waals surface area (Å²) >= 11 is 6.37. The van der Waals surface area contributed by atoms with Gasteiger partial charge < -0.3 is 15.0 Å². The number of anilines is 1. The molecule has 8 heteroatoms. The Morgan fingerprint density at radius 1 is 1.27 bits per heavy atom. The number of rotatable bonds is 9. The number of carbonyl (C=O) groups excluding carboxylic acids is 2. The van der Waals surface area contributed by atoms with Crippen molar-refractivity contribution in [3.63, 3.8) is 0 Å². The number of nitrogens with zero attached hydrogens (tertiary/aromatic N) is 3. The summed E-state index contributed by atoms with van der Waals surface area (Å²) in [5.41, 5.74) is 1.28. The second-order valence-electron chi connectivity index (χ2n) is 8.09. The molecule has 1 aromatic heterocycles. The van der Waals surface area contributed by atoms with Crippen molar-refractivity contribution >= 4 is 29.2 Å². The van der Waals surface area contributed by atoms with Gasteiger partial charge >= 0.3 is 0 Å². The van der Waals surface area contributed by atoms with Gasteiger partial charge in [0, 0.05) is 38.2 Å². The Hall–Kier alpha value is -2.38. The fraction of sp³-hybridized carbons (Fsp3) is 0.500. The van der Waals surface area contributed by atoms with Crippen LogP contribution in [0.15, 0.2) is 30.3 Å². The van der Waals surface area contributed by atoms with Crippen LogP contribution in [-0.4, -0.2) is 53.3 Å². The number of methoxy groups -OCH3 is 1. The van der Waals surface area contributed by atoms with Gasteiger partial charge in [-0.05, 0) is 18.6 Å². The van der Waals surface area contributed by atoms with Crippen molar-refractivity contribution in [1.29, 1.82) is 0 Å². The zero-order valence-electron chi connectivity index (χ0n) is 18.4. The average molecular weight is 435 g/mol. The maximum Gasteiger partial charge on any atom is 0.245 e. The van der Waals surface area contributed by atoms with Crippen LogP contribution in [0.2, 0.25) is 5.02 Å². The molecule has 0 saturated heterocycles. The van der Waals surface area contributed by atoms with Gasteiger partial charge in [-0.3, -0.25) is 9.59 Å². The van der Waals surface area contributed by atoms with Gasteiger partial charge in [0.1, 0.15) is 5.82 Å². The van der Waals surface area contributed by atoms with Crippen LogP contribution in [-0.2, 0) is 19.7 Å². The minimum Gasteiger partial charge on any atom is -0.385 e. The van der Waals surface area contributed by atoms with Crippen LogP contribution < -0.4 is 5.32 Å². The smallest absolute Gasteiger partial charge is 0.245 e. The molecule has 0 saturated carbocycles. The Morgan fingerprint density at radius 2 is 1.97 bits per heavy atom. The third-order valence-electron chi connectivity index (χ3n) is 4.59. The summed E-state index contributed by atoms with van der Waals surface area (Å²) in [5.74, 6) is 0.151. The number of hydrogen-bond acceptors (Lipinski definition) is 4. The lowest BCUT2D eigenvalue weighted by molar-refractivity contribution is -0.134. The van der Waals surface area contributed by atoms with Gasteiger partial charge in [0.15, 0.2) is 0 Å². The van der Waals surface area contributed by atoms with Crippen molar-refractivity contribution in [3.05, 3.63) is 41.0 Å². The zero-order chi connectivity index (χ0) is 22.3. The van der Waals surface area contributed by atoms with E-state index in [0.717, 1.165) is 5.69 Å². The Morgan fingerprint density at radius 3 is 2.57 bits per heavy atom. The first kappa shape index (κ1) is 23.9. The third-order valence-corrected chi connectivity index (χ3v) is 4.91. The van der Waals surface area contributed by atoms with Crippen molar-refractivity contribution in [2.75, 3.05) is 32.1 Å². The molecule has 0 aliphatic carbocycles. The summed E-state index contributed by atoms with van der Waals surface area (Å²) < 4.78 is 6.69. The second kappa shape index (κ2) is 10.6. The minimum absolute atomic E-state index is 0.0328. The monoisotopic (exact) mass is 434 g/mol.